The Hall–Kier alpha value is -1.63. The fourth-order valence-corrected chi connectivity index (χ4v) is 5.94. The smallest absolute Gasteiger partial charge is 0.153 e. The van der Waals surface area contributed by atoms with Crippen LogP contribution in [0, 0.1) is 5.92 Å². The van der Waals surface area contributed by atoms with E-state index in [1.54, 1.807) is 6.33 Å². The second kappa shape index (κ2) is 6.70. The number of sulfone groups is 1. The van der Waals surface area contributed by atoms with Gasteiger partial charge in [-0.3, -0.25) is 0 Å². The maximum Gasteiger partial charge on any atom is 0.153 e. The third-order valence-corrected chi connectivity index (χ3v) is 7.93. The van der Waals surface area contributed by atoms with E-state index < -0.39 is 9.84 Å². The Bertz CT molecular complexity index is 792. The SMILES string of the molecule is CCC(CC)S(=O)(=O)C[C@H]1C[C@@H](N(C)c2ncnc3[nH]ccc23)C1. The van der Waals surface area contributed by atoms with Crippen molar-refractivity contribution in [1.82, 2.24) is 15.0 Å². The van der Waals surface area contributed by atoms with Crippen LogP contribution in [0.25, 0.3) is 11.0 Å². The molecule has 2 aromatic heterocycles. The van der Waals surface area contributed by atoms with Gasteiger partial charge in [0.05, 0.1) is 16.4 Å². The number of nitrogens with zero attached hydrogens (tertiary/aromatic N) is 3. The first-order valence-corrected chi connectivity index (χ1v) is 10.4. The molecular formula is C17H26N4O2S. The van der Waals surface area contributed by atoms with E-state index in [4.69, 9.17) is 0 Å². The molecule has 0 bridgehead atoms. The zero-order chi connectivity index (χ0) is 17.3. The minimum atomic E-state index is -2.97. The predicted octanol–water partition coefficient (Wildman–Crippen LogP) is 2.78. The third kappa shape index (κ3) is 3.14. The molecule has 1 N–H and O–H groups in total. The number of hydrogen-bond donors (Lipinski definition) is 1. The van der Waals surface area contributed by atoms with E-state index in [1.807, 2.05) is 33.2 Å². The van der Waals surface area contributed by atoms with Gasteiger partial charge < -0.3 is 9.88 Å². The highest BCUT2D eigenvalue weighted by Gasteiger charge is 2.37. The van der Waals surface area contributed by atoms with E-state index in [9.17, 15) is 8.42 Å². The minimum absolute atomic E-state index is 0.185. The van der Waals surface area contributed by atoms with Crippen LogP contribution >= 0.6 is 0 Å². The molecule has 24 heavy (non-hydrogen) atoms. The van der Waals surface area contributed by atoms with Crippen molar-refractivity contribution in [3.8, 4) is 0 Å². The van der Waals surface area contributed by atoms with Crippen molar-refractivity contribution in [2.24, 2.45) is 5.92 Å². The standard InChI is InChI=1S/C17H26N4O2S/c1-4-14(5-2)24(22,23)10-12-8-13(9-12)21(3)17-15-6-7-18-16(15)19-11-20-17/h6-7,11-14H,4-5,8-10H2,1-3H3,(H,18,19,20)/t12-,13+. The first-order chi connectivity index (χ1) is 11.5. The van der Waals surface area contributed by atoms with Crippen LogP contribution in [0.1, 0.15) is 39.5 Å². The number of H-pyrrole nitrogens is 1. The molecule has 7 heteroatoms. The van der Waals surface area contributed by atoms with Gasteiger partial charge in [-0.25, -0.2) is 18.4 Å². The van der Waals surface area contributed by atoms with Crippen LogP contribution in [-0.2, 0) is 9.84 Å². The number of aromatic amines is 1. The summed E-state index contributed by atoms with van der Waals surface area (Å²) in [5.74, 6) is 1.51. The Morgan fingerprint density at radius 1 is 1.29 bits per heavy atom. The Labute approximate surface area is 143 Å². The van der Waals surface area contributed by atoms with Crippen molar-refractivity contribution >= 4 is 26.7 Å². The average molecular weight is 350 g/mol. The zero-order valence-corrected chi connectivity index (χ0v) is 15.4. The summed E-state index contributed by atoms with van der Waals surface area (Å²) in [7, 11) is -0.938. The summed E-state index contributed by atoms with van der Waals surface area (Å²) in [5, 5.41) is 0.823. The van der Waals surface area contributed by atoms with Gasteiger partial charge >= 0.3 is 0 Å². The average Bonchev–Trinajstić information content (AvgIpc) is 2.99. The summed E-state index contributed by atoms with van der Waals surface area (Å²) < 4.78 is 24.9. The first kappa shape index (κ1) is 17.2. The Balaban J connectivity index is 1.63. The van der Waals surface area contributed by atoms with Crippen molar-refractivity contribution in [1.29, 1.82) is 0 Å². The van der Waals surface area contributed by atoms with E-state index in [1.165, 1.54) is 0 Å². The Kier molecular flexibility index (Phi) is 4.80. The third-order valence-electron chi connectivity index (χ3n) is 5.31. The van der Waals surface area contributed by atoms with E-state index in [-0.39, 0.29) is 11.2 Å². The maximum atomic E-state index is 12.4. The molecule has 0 saturated heterocycles. The molecule has 1 aliphatic rings. The molecule has 3 rings (SSSR count). The summed E-state index contributed by atoms with van der Waals surface area (Å²) in [6, 6.07) is 2.33. The molecule has 1 fully saturated rings. The van der Waals surface area contributed by atoms with Crippen LogP contribution in [0.15, 0.2) is 18.6 Å². The second-order valence-corrected chi connectivity index (χ2v) is 9.13. The summed E-state index contributed by atoms with van der Waals surface area (Å²) in [6.45, 7) is 3.92. The van der Waals surface area contributed by atoms with E-state index >= 15 is 0 Å². The monoisotopic (exact) mass is 350 g/mol. The lowest BCUT2D eigenvalue weighted by Crippen LogP contribution is -2.46. The molecule has 2 heterocycles. The molecule has 132 valence electrons. The normalized spacial score (nSPS) is 21.2. The summed E-state index contributed by atoms with van der Waals surface area (Å²) in [5.41, 5.74) is 0.832. The van der Waals surface area contributed by atoms with Gasteiger partial charge in [-0.15, -0.1) is 0 Å². The van der Waals surface area contributed by atoms with Gasteiger partial charge in [0, 0.05) is 19.3 Å². The Morgan fingerprint density at radius 2 is 2.00 bits per heavy atom. The van der Waals surface area contributed by atoms with Crippen LogP contribution in [0.5, 0.6) is 0 Å². The van der Waals surface area contributed by atoms with Crippen LogP contribution in [0.3, 0.4) is 0 Å². The molecule has 0 aliphatic heterocycles. The molecule has 6 nitrogen and oxygen atoms in total. The van der Waals surface area contributed by atoms with Gasteiger partial charge in [0.1, 0.15) is 17.8 Å². The number of anilines is 1. The van der Waals surface area contributed by atoms with Crippen molar-refractivity contribution in [3.63, 3.8) is 0 Å². The van der Waals surface area contributed by atoms with Gasteiger partial charge in [0.25, 0.3) is 0 Å². The number of nitrogens with one attached hydrogen (secondary N) is 1. The number of rotatable bonds is 7. The van der Waals surface area contributed by atoms with Crippen LogP contribution in [-0.4, -0.2) is 47.5 Å². The zero-order valence-electron chi connectivity index (χ0n) is 14.6. The van der Waals surface area contributed by atoms with Gasteiger partial charge in [0.2, 0.25) is 0 Å². The maximum absolute atomic E-state index is 12.4. The van der Waals surface area contributed by atoms with Crippen molar-refractivity contribution in [3.05, 3.63) is 18.6 Å². The molecular weight excluding hydrogens is 324 g/mol. The second-order valence-electron chi connectivity index (χ2n) is 6.81. The van der Waals surface area contributed by atoms with E-state index in [0.717, 1.165) is 29.7 Å². The van der Waals surface area contributed by atoms with Crippen LogP contribution < -0.4 is 4.90 Å². The first-order valence-electron chi connectivity index (χ1n) is 8.68. The predicted molar refractivity (Wildman–Crippen MR) is 97.0 cm³/mol. The lowest BCUT2D eigenvalue weighted by Gasteiger charge is -2.42. The minimum Gasteiger partial charge on any atom is -0.356 e. The highest BCUT2D eigenvalue weighted by atomic mass is 32.2. The van der Waals surface area contributed by atoms with Crippen molar-refractivity contribution in [2.75, 3.05) is 17.7 Å². The number of hydrogen-bond acceptors (Lipinski definition) is 5. The number of aromatic nitrogens is 3. The van der Waals surface area contributed by atoms with Crippen LogP contribution in [0.4, 0.5) is 5.82 Å². The van der Waals surface area contributed by atoms with Gasteiger partial charge in [0.15, 0.2) is 9.84 Å². The fourth-order valence-electron chi connectivity index (χ4n) is 3.73. The molecule has 0 unspecified atom stereocenters. The van der Waals surface area contributed by atoms with Crippen molar-refractivity contribution in [2.45, 2.75) is 50.8 Å². The lowest BCUT2D eigenvalue weighted by molar-refractivity contribution is 0.281. The topological polar surface area (TPSA) is 79.0 Å². The van der Waals surface area contributed by atoms with E-state index in [2.05, 4.69) is 19.9 Å². The lowest BCUT2D eigenvalue weighted by atomic mass is 9.81. The molecule has 2 aromatic rings. The van der Waals surface area contributed by atoms with Gasteiger partial charge in [-0.1, -0.05) is 13.8 Å². The highest BCUT2D eigenvalue weighted by Crippen LogP contribution is 2.36. The van der Waals surface area contributed by atoms with Gasteiger partial charge in [-0.05, 0) is 37.7 Å². The fraction of sp³-hybridized carbons (Fsp3) is 0.647. The number of fused-ring (bicyclic) bond motifs is 1. The summed E-state index contributed by atoms with van der Waals surface area (Å²) in [6.07, 6.45) is 6.67. The largest absolute Gasteiger partial charge is 0.356 e. The quantitative estimate of drug-likeness (QED) is 0.830. The molecule has 0 radical (unpaired) electrons. The molecule has 0 amide bonds. The summed E-state index contributed by atoms with van der Waals surface area (Å²) >= 11 is 0. The highest BCUT2D eigenvalue weighted by molar-refractivity contribution is 7.92. The van der Waals surface area contributed by atoms with Crippen molar-refractivity contribution < 1.29 is 8.42 Å². The Morgan fingerprint density at radius 3 is 2.67 bits per heavy atom. The van der Waals surface area contributed by atoms with Crippen LogP contribution in [0.2, 0.25) is 0 Å². The molecule has 1 aliphatic carbocycles. The molecule has 0 atom stereocenters. The molecule has 0 spiro atoms. The summed E-state index contributed by atoms with van der Waals surface area (Å²) in [4.78, 5) is 13.9. The van der Waals surface area contributed by atoms with Gasteiger partial charge in [-0.2, -0.15) is 0 Å². The van der Waals surface area contributed by atoms with E-state index in [0.29, 0.717) is 24.6 Å². The molecule has 1 saturated carbocycles. The molecule has 0 aromatic carbocycles.